The molecule has 0 aliphatic carbocycles. The summed E-state index contributed by atoms with van der Waals surface area (Å²) in [4.78, 5) is 4.66. The van der Waals surface area contributed by atoms with Crippen molar-refractivity contribution in [1.29, 1.82) is 0 Å². The molecule has 0 amide bonds. The van der Waals surface area contributed by atoms with E-state index >= 15 is 0 Å². The van der Waals surface area contributed by atoms with Crippen LogP contribution in [0.5, 0.6) is 0 Å². The molecular formula is C10H24N2. The van der Waals surface area contributed by atoms with E-state index in [1.807, 2.05) is 0 Å². The van der Waals surface area contributed by atoms with Crippen LogP contribution >= 0.6 is 0 Å². The van der Waals surface area contributed by atoms with E-state index in [9.17, 15) is 0 Å². The van der Waals surface area contributed by atoms with Crippen LogP contribution in [0.3, 0.4) is 0 Å². The van der Waals surface area contributed by atoms with Crippen molar-refractivity contribution in [3.05, 3.63) is 0 Å². The van der Waals surface area contributed by atoms with E-state index in [4.69, 9.17) is 0 Å². The van der Waals surface area contributed by atoms with Crippen LogP contribution in [0.15, 0.2) is 0 Å². The zero-order valence-electron chi connectivity index (χ0n) is 9.46. The van der Waals surface area contributed by atoms with E-state index in [-0.39, 0.29) is 0 Å². The summed E-state index contributed by atoms with van der Waals surface area (Å²) < 4.78 is 0. The Kier molecular flexibility index (Phi) is 5.51. The lowest BCUT2D eigenvalue weighted by Gasteiger charge is -2.29. The van der Waals surface area contributed by atoms with Crippen molar-refractivity contribution in [1.82, 2.24) is 9.80 Å². The molecule has 74 valence electrons. The minimum atomic E-state index is 0.655. The van der Waals surface area contributed by atoms with Crippen LogP contribution in [0.4, 0.5) is 0 Å². The van der Waals surface area contributed by atoms with Crippen LogP contribution in [0.1, 0.15) is 27.2 Å². The van der Waals surface area contributed by atoms with Crippen molar-refractivity contribution in [2.24, 2.45) is 0 Å². The van der Waals surface area contributed by atoms with E-state index < -0.39 is 0 Å². The molecule has 2 heteroatoms. The van der Waals surface area contributed by atoms with Gasteiger partial charge in [-0.1, -0.05) is 0 Å². The molecule has 0 N–H and O–H groups in total. The second kappa shape index (κ2) is 5.55. The SMILES string of the molecule is CC(C)N(C)C(C)CCN(C)C. The van der Waals surface area contributed by atoms with E-state index in [0.29, 0.717) is 12.1 Å². The van der Waals surface area contributed by atoms with Gasteiger partial charge in [-0.15, -0.1) is 0 Å². The zero-order valence-corrected chi connectivity index (χ0v) is 9.46. The highest BCUT2D eigenvalue weighted by Gasteiger charge is 2.11. The smallest absolute Gasteiger partial charge is 0.00787 e. The van der Waals surface area contributed by atoms with Crippen LogP contribution in [0.25, 0.3) is 0 Å². The molecule has 0 aromatic carbocycles. The molecule has 2 nitrogen and oxygen atoms in total. The molecule has 0 saturated heterocycles. The average molecular weight is 172 g/mol. The number of hydrogen-bond acceptors (Lipinski definition) is 2. The van der Waals surface area contributed by atoms with Gasteiger partial charge in [0.1, 0.15) is 0 Å². The summed E-state index contributed by atoms with van der Waals surface area (Å²) in [7, 11) is 6.45. The highest BCUT2D eigenvalue weighted by atomic mass is 15.2. The molecule has 0 saturated carbocycles. The number of hydrogen-bond donors (Lipinski definition) is 0. The molecule has 1 atom stereocenters. The molecular weight excluding hydrogens is 148 g/mol. The van der Waals surface area contributed by atoms with Gasteiger partial charge in [0.15, 0.2) is 0 Å². The molecule has 0 radical (unpaired) electrons. The van der Waals surface area contributed by atoms with E-state index in [1.54, 1.807) is 0 Å². The average Bonchev–Trinajstić information content (AvgIpc) is 1.98. The minimum Gasteiger partial charge on any atom is -0.309 e. The molecule has 0 rings (SSSR count). The molecule has 0 aromatic rings. The third kappa shape index (κ3) is 4.73. The van der Waals surface area contributed by atoms with Gasteiger partial charge in [0.25, 0.3) is 0 Å². The van der Waals surface area contributed by atoms with Crippen LogP contribution in [-0.2, 0) is 0 Å². The van der Waals surface area contributed by atoms with Crippen molar-refractivity contribution in [3.63, 3.8) is 0 Å². The summed E-state index contributed by atoms with van der Waals surface area (Å²) in [5.41, 5.74) is 0. The maximum atomic E-state index is 2.42. The monoisotopic (exact) mass is 172 g/mol. The summed E-state index contributed by atoms with van der Waals surface area (Å²) in [6.45, 7) is 7.96. The van der Waals surface area contributed by atoms with Gasteiger partial charge in [0.05, 0.1) is 0 Å². The van der Waals surface area contributed by atoms with E-state index in [0.717, 1.165) is 0 Å². The van der Waals surface area contributed by atoms with Crippen molar-refractivity contribution in [2.75, 3.05) is 27.7 Å². The number of nitrogens with zero attached hydrogens (tertiary/aromatic N) is 2. The fraction of sp³-hybridized carbons (Fsp3) is 1.00. The van der Waals surface area contributed by atoms with E-state index in [2.05, 4.69) is 51.7 Å². The first kappa shape index (κ1) is 11.9. The van der Waals surface area contributed by atoms with Crippen molar-refractivity contribution in [3.8, 4) is 0 Å². The fourth-order valence-electron chi connectivity index (χ4n) is 1.16. The quantitative estimate of drug-likeness (QED) is 0.622. The Labute approximate surface area is 77.5 Å². The normalized spacial score (nSPS) is 14.8. The third-order valence-electron chi connectivity index (χ3n) is 2.50. The van der Waals surface area contributed by atoms with Gasteiger partial charge >= 0.3 is 0 Å². The van der Waals surface area contributed by atoms with Crippen LogP contribution < -0.4 is 0 Å². The summed E-state index contributed by atoms with van der Waals surface area (Å²) in [5.74, 6) is 0. The van der Waals surface area contributed by atoms with Gasteiger partial charge in [0, 0.05) is 12.1 Å². The molecule has 0 fully saturated rings. The largest absolute Gasteiger partial charge is 0.309 e. The first-order valence-corrected chi connectivity index (χ1v) is 4.81. The van der Waals surface area contributed by atoms with Crippen LogP contribution in [0, 0.1) is 0 Å². The summed E-state index contributed by atoms with van der Waals surface area (Å²) in [5, 5.41) is 0. The molecule has 0 spiro atoms. The highest BCUT2D eigenvalue weighted by Crippen LogP contribution is 2.05. The van der Waals surface area contributed by atoms with Crippen molar-refractivity contribution >= 4 is 0 Å². The van der Waals surface area contributed by atoms with Gasteiger partial charge < -0.3 is 9.80 Å². The predicted molar refractivity (Wildman–Crippen MR) is 55.5 cm³/mol. The summed E-state index contributed by atoms with van der Waals surface area (Å²) in [6.07, 6.45) is 1.25. The lowest BCUT2D eigenvalue weighted by molar-refractivity contribution is 0.187. The maximum absolute atomic E-state index is 2.42. The molecule has 0 bridgehead atoms. The lowest BCUT2D eigenvalue weighted by atomic mass is 10.2. The highest BCUT2D eigenvalue weighted by molar-refractivity contribution is 4.67. The van der Waals surface area contributed by atoms with Gasteiger partial charge in [0.2, 0.25) is 0 Å². The third-order valence-corrected chi connectivity index (χ3v) is 2.50. The Hall–Kier alpha value is -0.0800. The molecule has 12 heavy (non-hydrogen) atoms. The Balaban J connectivity index is 3.64. The Morgan fingerprint density at radius 1 is 1.00 bits per heavy atom. The van der Waals surface area contributed by atoms with Gasteiger partial charge in [-0.05, 0) is 54.9 Å². The van der Waals surface area contributed by atoms with Gasteiger partial charge in [-0.3, -0.25) is 0 Å². The topological polar surface area (TPSA) is 6.48 Å². The van der Waals surface area contributed by atoms with Gasteiger partial charge in [-0.25, -0.2) is 0 Å². The standard InChI is InChI=1S/C10H24N2/c1-9(2)12(6)10(3)7-8-11(4)5/h9-10H,7-8H2,1-6H3. The summed E-state index contributed by atoms with van der Waals surface area (Å²) >= 11 is 0. The second-order valence-corrected chi connectivity index (χ2v) is 4.20. The Morgan fingerprint density at radius 3 is 1.83 bits per heavy atom. The fourth-order valence-corrected chi connectivity index (χ4v) is 1.16. The molecule has 0 heterocycles. The molecule has 1 unspecified atom stereocenters. The zero-order chi connectivity index (χ0) is 9.72. The molecule has 0 aromatic heterocycles. The van der Waals surface area contributed by atoms with Crippen LogP contribution in [0.2, 0.25) is 0 Å². The lowest BCUT2D eigenvalue weighted by Crippen LogP contribution is -2.36. The summed E-state index contributed by atoms with van der Waals surface area (Å²) in [6, 6.07) is 1.34. The van der Waals surface area contributed by atoms with Crippen molar-refractivity contribution in [2.45, 2.75) is 39.3 Å². The Bertz CT molecular complexity index is 110. The van der Waals surface area contributed by atoms with Crippen LogP contribution in [-0.4, -0.2) is 49.6 Å². The molecule has 0 aliphatic heterocycles. The van der Waals surface area contributed by atoms with E-state index in [1.165, 1.54) is 13.0 Å². The minimum absolute atomic E-state index is 0.655. The first-order chi connectivity index (χ1) is 5.45. The maximum Gasteiger partial charge on any atom is 0.00787 e. The first-order valence-electron chi connectivity index (χ1n) is 4.81. The second-order valence-electron chi connectivity index (χ2n) is 4.20. The Morgan fingerprint density at radius 2 is 1.50 bits per heavy atom. The predicted octanol–water partition coefficient (Wildman–Crippen LogP) is 1.67. The van der Waals surface area contributed by atoms with Crippen molar-refractivity contribution < 1.29 is 0 Å². The molecule has 0 aliphatic rings. The van der Waals surface area contributed by atoms with Gasteiger partial charge in [-0.2, -0.15) is 0 Å². The number of rotatable bonds is 5.